The lowest BCUT2D eigenvalue weighted by Crippen LogP contribution is -2.06. The Hall–Kier alpha value is -3.31. The van der Waals surface area contributed by atoms with Crippen LogP contribution in [0.5, 0.6) is 11.5 Å². The van der Waals surface area contributed by atoms with E-state index < -0.39 is 5.97 Å². The highest BCUT2D eigenvalue weighted by molar-refractivity contribution is 5.92. The quantitative estimate of drug-likeness (QED) is 0.489. The molecule has 0 atom stereocenters. The number of aromatic carboxylic acids is 1. The second-order valence-electron chi connectivity index (χ2n) is 6.36. The van der Waals surface area contributed by atoms with Crippen molar-refractivity contribution in [1.29, 1.82) is 0 Å². The van der Waals surface area contributed by atoms with Gasteiger partial charge in [-0.3, -0.25) is 0 Å². The first-order valence-electron chi connectivity index (χ1n) is 9.52. The highest BCUT2D eigenvalue weighted by atomic mass is 16.5. The van der Waals surface area contributed by atoms with E-state index in [-0.39, 0.29) is 5.56 Å². The molecule has 1 N–H and O–H groups in total. The van der Waals surface area contributed by atoms with Gasteiger partial charge in [-0.05, 0) is 47.9 Å². The van der Waals surface area contributed by atoms with Gasteiger partial charge in [0.25, 0.3) is 0 Å². The molecular weight excluding hydrogens is 368 g/mol. The Morgan fingerprint density at radius 2 is 1.59 bits per heavy atom. The molecule has 0 aliphatic heterocycles. The standard InChI is InChI=1S/C24H24O5/c1-2-28-23-16-20(10-13-22(23)24(25)26)19-8-11-21(12-9-19)29-15-14-27-17-18-6-4-3-5-7-18/h3-13,16H,2,14-15,17H2,1H3,(H,25,26). The van der Waals surface area contributed by atoms with Crippen LogP contribution in [-0.2, 0) is 11.3 Å². The molecule has 0 bridgehead atoms. The van der Waals surface area contributed by atoms with Crippen LogP contribution in [0.2, 0.25) is 0 Å². The molecule has 3 aromatic carbocycles. The lowest BCUT2D eigenvalue weighted by molar-refractivity contribution is 0.0692. The van der Waals surface area contributed by atoms with Crippen LogP contribution in [-0.4, -0.2) is 30.9 Å². The summed E-state index contributed by atoms with van der Waals surface area (Å²) in [5.41, 5.74) is 3.13. The molecule has 0 radical (unpaired) electrons. The Labute approximate surface area is 170 Å². The molecule has 0 aliphatic rings. The van der Waals surface area contributed by atoms with Crippen LogP contribution in [0.3, 0.4) is 0 Å². The predicted molar refractivity (Wildman–Crippen MR) is 112 cm³/mol. The van der Waals surface area contributed by atoms with Crippen molar-refractivity contribution in [3.05, 3.63) is 83.9 Å². The van der Waals surface area contributed by atoms with E-state index in [1.165, 1.54) is 0 Å². The van der Waals surface area contributed by atoms with Crippen LogP contribution in [0.25, 0.3) is 11.1 Å². The van der Waals surface area contributed by atoms with E-state index in [4.69, 9.17) is 14.2 Å². The van der Waals surface area contributed by atoms with Crippen LogP contribution < -0.4 is 9.47 Å². The summed E-state index contributed by atoms with van der Waals surface area (Å²) in [5.74, 6) is 0.121. The van der Waals surface area contributed by atoms with Gasteiger partial charge in [-0.25, -0.2) is 4.79 Å². The van der Waals surface area contributed by atoms with Crippen molar-refractivity contribution in [2.45, 2.75) is 13.5 Å². The fraction of sp³-hybridized carbons (Fsp3) is 0.208. The SMILES string of the molecule is CCOc1cc(-c2ccc(OCCOCc3ccccc3)cc2)ccc1C(=O)O. The van der Waals surface area contributed by atoms with Gasteiger partial charge >= 0.3 is 5.97 Å². The van der Waals surface area contributed by atoms with E-state index in [1.807, 2.05) is 61.5 Å². The summed E-state index contributed by atoms with van der Waals surface area (Å²) >= 11 is 0. The Kier molecular flexibility index (Phi) is 7.25. The van der Waals surface area contributed by atoms with Gasteiger partial charge in [0.15, 0.2) is 0 Å². The largest absolute Gasteiger partial charge is 0.493 e. The maximum absolute atomic E-state index is 11.3. The number of carboxylic acids is 1. The molecule has 0 aromatic heterocycles. The van der Waals surface area contributed by atoms with Gasteiger partial charge in [0, 0.05) is 0 Å². The molecule has 5 nitrogen and oxygen atoms in total. The summed E-state index contributed by atoms with van der Waals surface area (Å²) in [4.78, 5) is 11.3. The van der Waals surface area contributed by atoms with Gasteiger partial charge in [-0.2, -0.15) is 0 Å². The second kappa shape index (κ2) is 10.3. The molecule has 3 rings (SSSR count). The van der Waals surface area contributed by atoms with Crippen LogP contribution in [0.4, 0.5) is 0 Å². The minimum atomic E-state index is -1.00. The number of carboxylic acid groups (broad SMARTS) is 1. The number of rotatable bonds is 10. The smallest absolute Gasteiger partial charge is 0.339 e. The van der Waals surface area contributed by atoms with Gasteiger partial charge in [0.05, 0.1) is 19.8 Å². The molecule has 0 unspecified atom stereocenters. The maximum Gasteiger partial charge on any atom is 0.339 e. The number of hydrogen-bond donors (Lipinski definition) is 1. The van der Waals surface area contributed by atoms with E-state index in [0.717, 1.165) is 22.4 Å². The van der Waals surface area contributed by atoms with Gasteiger partial charge in [-0.1, -0.05) is 48.5 Å². The summed E-state index contributed by atoms with van der Waals surface area (Å²) in [6.45, 7) is 3.77. The highest BCUT2D eigenvalue weighted by Gasteiger charge is 2.12. The molecule has 29 heavy (non-hydrogen) atoms. The van der Waals surface area contributed by atoms with Crippen molar-refractivity contribution >= 4 is 5.97 Å². The molecule has 3 aromatic rings. The topological polar surface area (TPSA) is 65.0 Å². The molecule has 0 aliphatic carbocycles. The zero-order chi connectivity index (χ0) is 20.5. The van der Waals surface area contributed by atoms with Crippen molar-refractivity contribution in [1.82, 2.24) is 0 Å². The summed E-state index contributed by atoms with van der Waals surface area (Å²) in [7, 11) is 0. The third kappa shape index (κ3) is 5.83. The van der Waals surface area contributed by atoms with E-state index in [0.29, 0.717) is 32.2 Å². The Morgan fingerprint density at radius 1 is 0.862 bits per heavy atom. The highest BCUT2D eigenvalue weighted by Crippen LogP contribution is 2.29. The van der Waals surface area contributed by atoms with Gasteiger partial charge in [0.2, 0.25) is 0 Å². The minimum Gasteiger partial charge on any atom is -0.493 e. The fourth-order valence-electron chi connectivity index (χ4n) is 2.88. The minimum absolute atomic E-state index is 0.158. The molecule has 150 valence electrons. The second-order valence-corrected chi connectivity index (χ2v) is 6.36. The van der Waals surface area contributed by atoms with Crippen LogP contribution in [0.1, 0.15) is 22.8 Å². The van der Waals surface area contributed by atoms with Crippen molar-refractivity contribution < 1.29 is 24.1 Å². The summed E-state index contributed by atoms with van der Waals surface area (Å²) in [6.07, 6.45) is 0. The third-order valence-electron chi connectivity index (χ3n) is 4.31. The molecule has 0 spiro atoms. The molecule has 0 heterocycles. The van der Waals surface area contributed by atoms with Gasteiger partial charge < -0.3 is 19.3 Å². The van der Waals surface area contributed by atoms with Gasteiger partial charge in [-0.15, -0.1) is 0 Å². The zero-order valence-electron chi connectivity index (χ0n) is 16.3. The monoisotopic (exact) mass is 392 g/mol. The van der Waals surface area contributed by atoms with Crippen molar-refractivity contribution in [3.63, 3.8) is 0 Å². The number of benzene rings is 3. The van der Waals surface area contributed by atoms with Crippen LogP contribution >= 0.6 is 0 Å². The predicted octanol–water partition coefficient (Wildman–Crippen LogP) is 5.05. The summed E-state index contributed by atoms with van der Waals surface area (Å²) in [6, 6.07) is 22.8. The van der Waals surface area contributed by atoms with Crippen LogP contribution in [0.15, 0.2) is 72.8 Å². The van der Waals surface area contributed by atoms with E-state index >= 15 is 0 Å². The van der Waals surface area contributed by atoms with E-state index in [2.05, 4.69) is 0 Å². The number of carbonyl (C=O) groups is 1. The van der Waals surface area contributed by atoms with Crippen molar-refractivity contribution in [2.24, 2.45) is 0 Å². The Morgan fingerprint density at radius 3 is 2.28 bits per heavy atom. The van der Waals surface area contributed by atoms with Crippen molar-refractivity contribution in [3.8, 4) is 22.6 Å². The first-order valence-corrected chi connectivity index (χ1v) is 9.52. The number of ether oxygens (including phenoxy) is 3. The normalized spacial score (nSPS) is 10.5. The average molecular weight is 392 g/mol. The first-order chi connectivity index (χ1) is 14.2. The molecule has 0 saturated heterocycles. The summed E-state index contributed by atoms with van der Waals surface area (Å²) < 4.78 is 16.8. The lowest BCUT2D eigenvalue weighted by Gasteiger charge is -2.11. The molecule has 5 heteroatoms. The molecular formula is C24H24O5. The average Bonchev–Trinajstić information content (AvgIpc) is 2.75. The van der Waals surface area contributed by atoms with Crippen molar-refractivity contribution in [2.75, 3.05) is 19.8 Å². The first kappa shape index (κ1) is 20.4. The molecule has 0 amide bonds. The summed E-state index contributed by atoms with van der Waals surface area (Å²) in [5, 5.41) is 9.27. The van der Waals surface area contributed by atoms with E-state index in [9.17, 15) is 9.90 Å². The zero-order valence-corrected chi connectivity index (χ0v) is 16.3. The molecule has 0 fully saturated rings. The van der Waals surface area contributed by atoms with Crippen LogP contribution in [0, 0.1) is 0 Å². The molecule has 0 saturated carbocycles. The third-order valence-corrected chi connectivity index (χ3v) is 4.31. The number of hydrogen-bond acceptors (Lipinski definition) is 4. The Balaban J connectivity index is 1.54. The maximum atomic E-state index is 11.3. The van der Waals surface area contributed by atoms with E-state index in [1.54, 1.807) is 18.2 Å². The fourth-order valence-corrected chi connectivity index (χ4v) is 2.88. The lowest BCUT2D eigenvalue weighted by atomic mass is 10.0. The van der Waals surface area contributed by atoms with Gasteiger partial charge in [0.1, 0.15) is 23.7 Å². The Bertz CT molecular complexity index is 920.